The Bertz CT molecular complexity index is 1380. The number of nitrogens with zero attached hydrogens (tertiary/aromatic N) is 1. The number of benzene rings is 3. The van der Waals surface area contributed by atoms with Gasteiger partial charge in [-0.3, -0.25) is 9.59 Å². The molecule has 0 radical (unpaired) electrons. The van der Waals surface area contributed by atoms with Gasteiger partial charge in [0.15, 0.2) is 0 Å². The van der Waals surface area contributed by atoms with E-state index in [1.165, 1.54) is 4.90 Å². The Balaban J connectivity index is 1.30. The Kier molecular flexibility index (Phi) is 8.13. The molecular formula is C33H36N2O6. The number of carbonyl (C=O) groups excluding carboxylic acids is 2. The average molecular weight is 557 g/mol. The first-order chi connectivity index (χ1) is 19.7. The number of amides is 2. The van der Waals surface area contributed by atoms with Gasteiger partial charge in [-0.1, -0.05) is 85.8 Å². The number of hydrogen-bond acceptors (Lipinski definition) is 5. The van der Waals surface area contributed by atoms with Crippen LogP contribution in [0.1, 0.15) is 43.4 Å². The van der Waals surface area contributed by atoms with E-state index in [0.717, 1.165) is 27.8 Å². The fraction of sp³-hybridized carbons (Fsp3) is 0.364. The summed E-state index contributed by atoms with van der Waals surface area (Å²) in [6.07, 6.45) is -1.43. The van der Waals surface area contributed by atoms with Crippen molar-refractivity contribution in [1.29, 1.82) is 0 Å². The van der Waals surface area contributed by atoms with E-state index in [1.54, 1.807) is 13.8 Å². The smallest absolute Gasteiger partial charge is 0.407 e. The number of carboxylic acid groups (broad SMARTS) is 1. The molecule has 41 heavy (non-hydrogen) atoms. The van der Waals surface area contributed by atoms with Gasteiger partial charge in [-0.15, -0.1) is 0 Å². The van der Waals surface area contributed by atoms with Crippen LogP contribution in [0.5, 0.6) is 0 Å². The van der Waals surface area contributed by atoms with Crippen LogP contribution in [0.25, 0.3) is 11.1 Å². The number of ether oxygens (including phenoxy) is 2. The third-order valence-corrected chi connectivity index (χ3v) is 8.61. The first kappa shape index (κ1) is 28.4. The second-order valence-electron chi connectivity index (χ2n) is 11.3. The number of nitrogens with one attached hydrogen (secondary N) is 1. The molecule has 8 nitrogen and oxygen atoms in total. The van der Waals surface area contributed by atoms with Gasteiger partial charge in [-0.05, 0) is 47.6 Å². The molecule has 3 aromatic carbocycles. The predicted molar refractivity (Wildman–Crippen MR) is 154 cm³/mol. The molecule has 1 heterocycles. The van der Waals surface area contributed by atoms with Crippen LogP contribution in [0, 0.1) is 11.3 Å². The van der Waals surface area contributed by atoms with E-state index in [2.05, 4.69) is 17.4 Å². The zero-order valence-electron chi connectivity index (χ0n) is 23.6. The number of carboxylic acids is 1. The van der Waals surface area contributed by atoms with Crippen LogP contribution < -0.4 is 5.32 Å². The van der Waals surface area contributed by atoms with Crippen molar-refractivity contribution in [2.45, 2.75) is 45.4 Å². The lowest BCUT2D eigenvalue weighted by Crippen LogP contribution is -2.54. The lowest BCUT2D eigenvalue weighted by atomic mass is 9.81. The summed E-state index contributed by atoms with van der Waals surface area (Å²) in [5.74, 6) is -1.71. The maximum absolute atomic E-state index is 13.8. The molecule has 8 heteroatoms. The molecule has 0 bridgehead atoms. The van der Waals surface area contributed by atoms with Crippen LogP contribution in [-0.4, -0.2) is 59.8 Å². The molecule has 0 saturated carbocycles. The van der Waals surface area contributed by atoms with E-state index in [9.17, 15) is 19.5 Å². The van der Waals surface area contributed by atoms with Crippen molar-refractivity contribution in [1.82, 2.24) is 10.2 Å². The largest absolute Gasteiger partial charge is 0.481 e. The van der Waals surface area contributed by atoms with Crippen molar-refractivity contribution >= 4 is 18.0 Å². The summed E-state index contributed by atoms with van der Waals surface area (Å²) >= 11 is 0. The third kappa shape index (κ3) is 5.70. The summed E-state index contributed by atoms with van der Waals surface area (Å²) in [4.78, 5) is 40.4. The lowest BCUT2D eigenvalue weighted by molar-refractivity contribution is -0.149. The van der Waals surface area contributed by atoms with Gasteiger partial charge in [0.25, 0.3) is 0 Å². The standard InChI is InChI=1S/C33H36N2O6/c1-21-17-35(20-33(21,3)31(37)38)30(36)29(22(2)40-18-23-11-5-4-6-12-23)34-32(39)41-19-28-26-15-9-7-13-24(26)25-14-8-10-16-27(25)28/h4-16,21-22,28-29H,17-20H2,1-3H3,(H,34,39)(H,37,38)/t21-,22?,29?,33-/m1/s1. The molecule has 5 rings (SSSR count). The number of hydrogen-bond donors (Lipinski definition) is 2. The van der Waals surface area contributed by atoms with E-state index in [0.29, 0.717) is 0 Å². The normalized spacial score (nSPS) is 21.0. The summed E-state index contributed by atoms with van der Waals surface area (Å²) < 4.78 is 11.8. The number of alkyl carbamates (subject to hydrolysis) is 1. The minimum absolute atomic E-state index is 0.0522. The van der Waals surface area contributed by atoms with Crippen LogP contribution in [0.2, 0.25) is 0 Å². The van der Waals surface area contributed by atoms with E-state index >= 15 is 0 Å². The quantitative estimate of drug-likeness (QED) is 0.381. The summed E-state index contributed by atoms with van der Waals surface area (Å²) in [6, 6.07) is 24.6. The fourth-order valence-electron chi connectivity index (χ4n) is 5.84. The molecule has 1 aliphatic heterocycles. The van der Waals surface area contributed by atoms with Gasteiger partial charge >= 0.3 is 12.1 Å². The van der Waals surface area contributed by atoms with E-state index in [4.69, 9.17) is 9.47 Å². The van der Waals surface area contributed by atoms with Gasteiger partial charge in [0.2, 0.25) is 5.91 Å². The van der Waals surface area contributed by atoms with Crippen molar-refractivity contribution in [3.05, 3.63) is 95.6 Å². The number of aliphatic carboxylic acids is 1. The van der Waals surface area contributed by atoms with Crippen molar-refractivity contribution in [2.24, 2.45) is 11.3 Å². The monoisotopic (exact) mass is 556 g/mol. The summed E-state index contributed by atoms with van der Waals surface area (Å²) in [5, 5.41) is 12.6. The Morgan fingerprint density at radius 2 is 1.56 bits per heavy atom. The minimum Gasteiger partial charge on any atom is -0.481 e. The van der Waals surface area contributed by atoms with Gasteiger partial charge in [0.1, 0.15) is 12.6 Å². The van der Waals surface area contributed by atoms with Crippen molar-refractivity contribution < 1.29 is 29.0 Å². The van der Waals surface area contributed by atoms with E-state index < -0.39 is 35.5 Å². The molecule has 2 N–H and O–H groups in total. The lowest BCUT2D eigenvalue weighted by Gasteiger charge is -2.29. The van der Waals surface area contributed by atoms with Crippen LogP contribution in [0.3, 0.4) is 0 Å². The van der Waals surface area contributed by atoms with Crippen molar-refractivity contribution in [3.63, 3.8) is 0 Å². The first-order valence-electron chi connectivity index (χ1n) is 14.0. The second kappa shape index (κ2) is 11.7. The molecule has 1 fully saturated rings. The highest BCUT2D eigenvalue weighted by Gasteiger charge is 2.49. The second-order valence-corrected chi connectivity index (χ2v) is 11.3. The van der Waals surface area contributed by atoms with Gasteiger partial charge in [0.05, 0.1) is 18.1 Å². The molecule has 0 spiro atoms. The molecule has 2 aliphatic rings. The SMILES string of the molecule is CC(OCc1ccccc1)C(NC(=O)OCC1c2ccccc2-c2ccccc21)C(=O)N1C[C@@H](C)[C@](C)(C(=O)O)C1. The van der Waals surface area contributed by atoms with Gasteiger partial charge in [-0.25, -0.2) is 4.79 Å². The molecule has 3 aromatic rings. The molecule has 0 aromatic heterocycles. The maximum atomic E-state index is 13.8. The molecule has 214 valence electrons. The summed E-state index contributed by atoms with van der Waals surface area (Å²) in [5.41, 5.74) is 4.29. The van der Waals surface area contributed by atoms with Crippen LogP contribution >= 0.6 is 0 Å². The van der Waals surface area contributed by atoms with Gasteiger partial charge in [0, 0.05) is 19.0 Å². The molecular weight excluding hydrogens is 520 g/mol. The van der Waals surface area contributed by atoms with Gasteiger partial charge < -0.3 is 24.8 Å². The summed E-state index contributed by atoms with van der Waals surface area (Å²) in [7, 11) is 0. The summed E-state index contributed by atoms with van der Waals surface area (Å²) in [6.45, 7) is 5.89. The molecule has 4 atom stereocenters. The van der Waals surface area contributed by atoms with Crippen LogP contribution in [0.15, 0.2) is 78.9 Å². The number of carbonyl (C=O) groups is 3. The van der Waals surface area contributed by atoms with Crippen LogP contribution in [-0.2, 0) is 25.7 Å². The highest BCUT2D eigenvalue weighted by atomic mass is 16.5. The average Bonchev–Trinajstić information content (AvgIpc) is 3.48. The number of fused-ring (bicyclic) bond motifs is 3. The zero-order valence-corrected chi connectivity index (χ0v) is 23.6. The molecule has 1 aliphatic carbocycles. The molecule has 2 amide bonds. The Hall–Kier alpha value is -4.17. The fourth-order valence-corrected chi connectivity index (χ4v) is 5.84. The van der Waals surface area contributed by atoms with Gasteiger partial charge in [-0.2, -0.15) is 0 Å². The first-order valence-corrected chi connectivity index (χ1v) is 14.0. The Labute approximate surface area is 240 Å². The third-order valence-electron chi connectivity index (χ3n) is 8.61. The Morgan fingerprint density at radius 1 is 0.976 bits per heavy atom. The minimum atomic E-state index is -1.07. The van der Waals surface area contributed by atoms with Crippen molar-refractivity contribution in [3.8, 4) is 11.1 Å². The Morgan fingerprint density at radius 3 is 2.15 bits per heavy atom. The molecule has 1 saturated heterocycles. The predicted octanol–water partition coefficient (Wildman–Crippen LogP) is 5.07. The number of likely N-dealkylation sites (tertiary alicyclic amines) is 1. The van der Waals surface area contributed by atoms with Crippen LogP contribution in [0.4, 0.5) is 4.79 Å². The molecule has 2 unspecified atom stereocenters. The van der Waals surface area contributed by atoms with Crippen molar-refractivity contribution in [2.75, 3.05) is 19.7 Å². The number of rotatable bonds is 9. The van der Waals surface area contributed by atoms with E-state index in [-0.39, 0.29) is 38.1 Å². The topological polar surface area (TPSA) is 105 Å². The zero-order chi connectivity index (χ0) is 29.1. The highest BCUT2D eigenvalue weighted by Crippen LogP contribution is 2.44. The highest BCUT2D eigenvalue weighted by molar-refractivity contribution is 5.88. The van der Waals surface area contributed by atoms with E-state index in [1.807, 2.05) is 73.7 Å². The maximum Gasteiger partial charge on any atom is 0.407 e.